The van der Waals surface area contributed by atoms with Crippen LogP contribution in [0.5, 0.6) is 0 Å². The van der Waals surface area contributed by atoms with Crippen molar-refractivity contribution in [3.63, 3.8) is 0 Å². The van der Waals surface area contributed by atoms with Crippen LogP contribution in [-0.2, 0) is 16.1 Å². The van der Waals surface area contributed by atoms with Crippen LogP contribution in [-0.4, -0.2) is 17.0 Å². The quantitative estimate of drug-likeness (QED) is 0.883. The van der Waals surface area contributed by atoms with E-state index in [2.05, 4.69) is 21.2 Å². The molecule has 0 saturated heterocycles. The topological polar surface area (TPSA) is 66.4 Å². The number of carboxylic acids is 1. The summed E-state index contributed by atoms with van der Waals surface area (Å²) in [6.07, 6.45) is 1.52. The summed E-state index contributed by atoms with van der Waals surface area (Å²) in [5.74, 6) is -2.04. The number of carboxylic acid groups (broad SMARTS) is 1. The minimum atomic E-state index is -0.838. The third kappa shape index (κ3) is 3.56. The number of rotatable bonds is 4. The van der Waals surface area contributed by atoms with Crippen molar-refractivity contribution in [2.24, 2.45) is 11.8 Å². The second-order valence-electron chi connectivity index (χ2n) is 5.01. The van der Waals surface area contributed by atoms with E-state index in [4.69, 9.17) is 5.11 Å². The van der Waals surface area contributed by atoms with Crippen molar-refractivity contribution in [1.82, 2.24) is 5.32 Å². The van der Waals surface area contributed by atoms with Crippen molar-refractivity contribution in [3.8, 4) is 0 Å². The van der Waals surface area contributed by atoms with Crippen molar-refractivity contribution in [2.45, 2.75) is 25.8 Å². The monoisotopic (exact) mass is 343 g/mol. The molecule has 0 unspecified atom stereocenters. The lowest BCUT2D eigenvalue weighted by molar-refractivity contribution is -0.141. The minimum absolute atomic E-state index is 0.155. The Balaban J connectivity index is 1.86. The number of nitrogens with one attached hydrogen (secondary N) is 1. The predicted molar refractivity (Wildman–Crippen MR) is 74.4 cm³/mol. The number of hydrogen-bond acceptors (Lipinski definition) is 2. The maximum Gasteiger partial charge on any atom is 0.306 e. The highest BCUT2D eigenvalue weighted by atomic mass is 79.9. The molecule has 1 amide bonds. The van der Waals surface area contributed by atoms with Crippen LogP contribution in [0.25, 0.3) is 0 Å². The Morgan fingerprint density at radius 1 is 1.35 bits per heavy atom. The van der Waals surface area contributed by atoms with Gasteiger partial charge in [-0.2, -0.15) is 0 Å². The predicted octanol–water partition coefficient (Wildman–Crippen LogP) is 2.71. The molecular formula is C14H15BrFNO3. The Morgan fingerprint density at radius 2 is 2.05 bits per heavy atom. The molecule has 108 valence electrons. The average Bonchev–Trinajstić information content (AvgIpc) is 2.89. The standard InChI is InChI=1S/C14H15BrFNO3/c15-11-4-1-8(5-12(11)16)7-17-13(18)9-2-3-10(6-9)14(19)20/h1,4-5,9-10H,2-3,6-7H2,(H,17,18)(H,19,20)/t9-,10+/m0/s1. The van der Waals surface area contributed by atoms with Crippen LogP contribution in [0.4, 0.5) is 4.39 Å². The first-order chi connectivity index (χ1) is 9.47. The largest absolute Gasteiger partial charge is 0.481 e. The molecule has 2 atom stereocenters. The summed E-state index contributed by atoms with van der Waals surface area (Å²) in [6, 6.07) is 4.67. The van der Waals surface area contributed by atoms with Gasteiger partial charge in [0.25, 0.3) is 0 Å². The highest BCUT2D eigenvalue weighted by molar-refractivity contribution is 9.10. The van der Waals surface area contributed by atoms with Crippen molar-refractivity contribution in [2.75, 3.05) is 0 Å². The number of hydrogen-bond donors (Lipinski definition) is 2. The van der Waals surface area contributed by atoms with Gasteiger partial charge in [-0.05, 0) is 52.9 Å². The summed E-state index contributed by atoms with van der Waals surface area (Å²) in [6.45, 7) is 0.247. The van der Waals surface area contributed by atoms with Gasteiger partial charge in [0.05, 0.1) is 10.4 Å². The molecule has 4 nitrogen and oxygen atoms in total. The van der Waals surface area contributed by atoms with Gasteiger partial charge < -0.3 is 10.4 Å². The Bertz CT molecular complexity index is 535. The third-order valence-electron chi connectivity index (χ3n) is 3.60. The summed E-state index contributed by atoms with van der Waals surface area (Å²) < 4.78 is 13.7. The zero-order valence-electron chi connectivity index (χ0n) is 10.7. The first-order valence-corrected chi connectivity index (χ1v) is 7.21. The molecule has 0 heterocycles. The zero-order valence-corrected chi connectivity index (χ0v) is 12.3. The number of carbonyl (C=O) groups is 2. The molecular weight excluding hydrogens is 329 g/mol. The Hall–Kier alpha value is -1.43. The van der Waals surface area contributed by atoms with Gasteiger partial charge >= 0.3 is 5.97 Å². The number of aliphatic carboxylic acids is 1. The molecule has 2 rings (SSSR count). The fourth-order valence-electron chi connectivity index (χ4n) is 2.43. The molecule has 1 aliphatic rings. The minimum Gasteiger partial charge on any atom is -0.481 e. The van der Waals surface area contributed by atoms with E-state index in [1.54, 1.807) is 12.1 Å². The highest BCUT2D eigenvalue weighted by Gasteiger charge is 2.33. The fraction of sp³-hybridized carbons (Fsp3) is 0.429. The van der Waals surface area contributed by atoms with Crippen LogP contribution in [0.3, 0.4) is 0 Å². The second-order valence-corrected chi connectivity index (χ2v) is 5.87. The molecule has 1 aromatic carbocycles. The van der Waals surface area contributed by atoms with E-state index in [1.165, 1.54) is 6.07 Å². The summed E-state index contributed by atoms with van der Waals surface area (Å²) in [4.78, 5) is 22.8. The zero-order chi connectivity index (χ0) is 14.7. The lowest BCUT2D eigenvalue weighted by atomic mass is 10.0. The molecule has 0 aliphatic heterocycles. The van der Waals surface area contributed by atoms with E-state index < -0.39 is 11.9 Å². The first kappa shape index (κ1) is 15.0. The molecule has 0 aromatic heterocycles. The Kier molecular flexibility index (Phi) is 4.75. The van der Waals surface area contributed by atoms with Gasteiger partial charge in [-0.3, -0.25) is 9.59 Å². The van der Waals surface area contributed by atoms with Gasteiger partial charge in [-0.25, -0.2) is 4.39 Å². The highest BCUT2D eigenvalue weighted by Crippen LogP contribution is 2.31. The second kappa shape index (κ2) is 6.35. The van der Waals surface area contributed by atoms with E-state index in [1.807, 2.05) is 0 Å². The fourth-order valence-corrected chi connectivity index (χ4v) is 2.67. The summed E-state index contributed by atoms with van der Waals surface area (Å²) >= 11 is 3.07. The van der Waals surface area contributed by atoms with E-state index in [0.717, 1.165) is 0 Å². The van der Waals surface area contributed by atoms with E-state index >= 15 is 0 Å². The first-order valence-electron chi connectivity index (χ1n) is 6.42. The summed E-state index contributed by atoms with van der Waals surface area (Å²) in [5, 5.41) is 11.6. The van der Waals surface area contributed by atoms with Crippen molar-refractivity contribution in [1.29, 1.82) is 0 Å². The molecule has 1 saturated carbocycles. The molecule has 1 fully saturated rings. The SMILES string of the molecule is O=C(O)[C@@H]1CC[C@H](C(=O)NCc2ccc(Br)c(F)c2)C1. The third-order valence-corrected chi connectivity index (χ3v) is 4.25. The maximum atomic E-state index is 13.3. The molecule has 0 bridgehead atoms. The van der Waals surface area contributed by atoms with Crippen molar-refractivity contribution >= 4 is 27.8 Å². The summed E-state index contributed by atoms with van der Waals surface area (Å²) in [7, 11) is 0. The van der Waals surface area contributed by atoms with E-state index in [-0.39, 0.29) is 24.2 Å². The Morgan fingerprint density at radius 3 is 2.65 bits per heavy atom. The van der Waals surface area contributed by atoms with Crippen molar-refractivity contribution < 1.29 is 19.1 Å². The van der Waals surface area contributed by atoms with E-state index in [9.17, 15) is 14.0 Å². The van der Waals surface area contributed by atoms with Gasteiger partial charge in [-0.1, -0.05) is 6.07 Å². The van der Waals surface area contributed by atoms with Crippen molar-refractivity contribution in [3.05, 3.63) is 34.1 Å². The maximum absolute atomic E-state index is 13.3. The summed E-state index contributed by atoms with van der Waals surface area (Å²) in [5.41, 5.74) is 0.673. The van der Waals surface area contributed by atoms with Gasteiger partial charge in [0.1, 0.15) is 5.82 Å². The van der Waals surface area contributed by atoms with Crippen LogP contribution in [0.2, 0.25) is 0 Å². The Labute approximate surface area is 124 Å². The molecule has 6 heteroatoms. The van der Waals surface area contributed by atoms with Crippen LogP contribution in [0.15, 0.2) is 22.7 Å². The lowest BCUT2D eigenvalue weighted by Crippen LogP contribution is -2.29. The molecule has 2 N–H and O–H groups in total. The lowest BCUT2D eigenvalue weighted by Gasteiger charge is -2.11. The van der Waals surface area contributed by atoms with Crippen LogP contribution < -0.4 is 5.32 Å². The molecule has 0 spiro atoms. The number of benzene rings is 1. The van der Waals surface area contributed by atoms with Gasteiger partial charge in [-0.15, -0.1) is 0 Å². The van der Waals surface area contributed by atoms with Gasteiger partial charge in [0.15, 0.2) is 0 Å². The van der Waals surface area contributed by atoms with Crippen LogP contribution in [0.1, 0.15) is 24.8 Å². The molecule has 1 aromatic rings. The van der Waals surface area contributed by atoms with Crippen LogP contribution in [0, 0.1) is 17.7 Å². The molecule has 20 heavy (non-hydrogen) atoms. The number of halogens is 2. The average molecular weight is 344 g/mol. The normalized spacial score (nSPS) is 21.7. The molecule has 1 aliphatic carbocycles. The van der Waals surface area contributed by atoms with Gasteiger partial charge in [0, 0.05) is 12.5 Å². The number of amides is 1. The number of carbonyl (C=O) groups excluding carboxylic acids is 1. The smallest absolute Gasteiger partial charge is 0.306 e. The van der Waals surface area contributed by atoms with E-state index in [0.29, 0.717) is 29.3 Å². The van der Waals surface area contributed by atoms with Gasteiger partial charge in [0.2, 0.25) is 5.91 Å². The van der Waals surface area contributed by atoms with Crippen LogP contribution >= 0.6 is 15.9 Å². The molecule has 0 radical (unpaired) electrons.